The van der Waals surface area contributed by atoms with Gasteiger partial charge in [-0.2, -0.15) is 91.0 Å². The van der Waals surface area contributed by atoms with E-state index in [0.29, 0.717) is 0 Å². The number of rotatable bonds is 4. The van der Waals surface area contributed by atoms with Crippen molar-refractivity contribution >= 4 is 13.3 Å². The number of hydrogen-bond acceptors (Lipinski definition) is 0. The fourth-order valence-electron chi connectivity index (χ4n) is 3.61. The normalized spacial score (nSPS) is 10.5. The van der Waals surface area contributed by atoms with Crippen molar-refractivity contribution in [2.24, 2.45) is 0 Å². The maximum Gasteiger partial charge on any atom is 0.0291 e. The van der Waals surface area contributed by atoms with E-state index in [9.17, 15) is 0 Å². The summed E-state index contributed by atoms with van der Waals surface area (Å²) < 4.78 is 0. The van der Waals surface area contributed by atoms with Gasteiger partial charge in [-0.25, -0.2) is 22.3 Å². The van der Waals surface area contributed by atoms with E-state index in [-0.39, 0.29) is 20.1 Å². The van der Waals surface area contributed by atoms with Gasteiger partial charge in [0.15, 0.2) is 0 Å². The smallest absolute Gasteiger partial charge is 0.0291 e. The van der Waals surface area contributed by atoms with Crippen LogP contribution in [-0.4, -0.2) is 8.07 Å². The van der Waals surface area contributed by atoms with E-state index in [1.54, 1.807) is 0 Å². The third kappa shape index (κ3) is 7.47. The molecule has 177 valence electrons. The maximum atomic E-state index is 3.44. The van der Waals surface area contributed by atoms with Gasteiger partial charge in [0.25, 0.3) is 0 Å². The molecule has 0 aliphatic carbocycles. The van der Waals surface area contributed by atoms with Crippen LogP contribution in [0.2, 0.25) is 19.6 Å². The van der Waals surface area contributed by atoms with Crippen molar-refractivity contribution in [2.45, 2.75) is 19.6 Å². The molecule has 0 heterocycles. The average Bonchev–Trinajstić information content (AvgIpc) is 2.90. The van der Waals surface area contributed by atoms with E-state index in [1.807, 2.05) is 60.7 Å². The van der Waals surface area contributed by atoms with Crippen molar-refractivity contribution in [3.63, 3.8) is 0 Å². The molecule has 0 unspecified atom stereocenters. The molecule has 0 amide bonds. The molecule has 35 heavy (non-hydrogen) atoms. The summed E-state index contributed by atoms with van der Waals surface area (Å²) in [6, 6.07) is 52.3. The van der Waals surface area contributed by atoms with E-state index in [2.05, 4.69) is 98.5 Å². The number of hydrogen-bond donors (Lipinski definition) is 0. The molecule has 1 radical (unpaired) electrons. The largest absolute Gasteiger partial charge is 0.226 e. The first kappa shape index (κ1) is 26.6. The molecule has 0 N–H and O–H groups in total. The van der Waals surface area contributed by atoms with Crippen molar-refractivity contribution in [1.29, 1.82) is 0 Å². The van der Waals surface area contributed by atoms with Gasteiger partial charge in [0.05, 0.1) is 0 Å². The van der Waals surface area contributed by atoms with E-state index >= 15 is 0 Å². The first-order valence-corrected chi connectivity index (χ1v) is 15.0. The second kappa shape index (κ2) is 12.6. The first-order valence-electron chi connectivity index (χ1n) is 11.5. The zero-order valence-electron chi connectivity index (χ0n) is 20.3. The van der Waals surface area contributed by atoms with Crippen molar-refractivity contribution in [3.05, 3.63) is 140 Å². The average molecular weight is 645 g/mol. The van der Waals surface area contributed by atoms with E-state index in [1.165, 1.54) is 16.3 Å². The summed E-state index contributed by atoms with van der Waals surface area (Å²) in [7, 11) is -1.26. The molecule has 0 nitrogen and oxygen atoms in total. The van der Waals surface area contributed by atoms with Crippen LogP contribution in [0.25, 0.3) is 33.4 Å². The van der Waals surface area contributed by atoms with E-state index in [0.717, 1.165) is 22.3 Å². The minimum absolute atomic E-state index is 0. The van der Waals surface area contributed by atoms with Crippen LogP contribution in [-0.2, 0) is 20.1 Å². The molecule has 5 aromatic carbocycles. The number of benzene rings is 5. The van der Waals surface area contributed by atoms with Crippen LogP contribution in [0.3, 0.4) is 0 Å². The van der Waals surface area contributed by atoms with Gasteiger partial charge < -0.3 is 0 Å². The predicted octanol–water partition coefficient (Wildman–Crippen LogP) is 8.12. The monoisotopic (exact) mass is 645 g/mol. The van der Waals surface area contributed by atoms with Crippen molar-refractivity contribution in [3.8, 4) is 33.4 Å². The van der Waals surface area contributed by atoms with Gasteiger partial charge in [-0.05, 0) is 5.56 Å². The SMILES string of the molecule is C[Si](C)(C)c1c[c-]c(-c2[c-]ccc(-c3ccccc3)c2)cc1.[Ir].[c-]1ccccc1-c1[c-]cccc1. The molecule has 0 saturated carbocycles. The van der Waals surface area contributed by atoms with Crippen molar-refractivity contribution < 1.29 is 20.1 Å². The van der Waals surface area contributed by atoms with E-state index in [4.69, 9.17) is 0 Å². The summed E-state index contributed by atoms with van der Waals surface area (Å²) in [5, 5.41) is 1.44. The molecule has 2 heteroatoms. The molecule has 0 aliphatic rings. The maximum absolute atomic E-state index is 3.44. The Bertz CT molecular complexity index is 1250. The molecule has 0 atom stereocenters. The Hall–Kier alpha value is -3.03. The van der Waals surface area contributed by atoms with Crippen LogP contribution in [0.5, 0.6) is 0 Å². The van der Waals surface area contributed by atoms with Gasteiger partial charge in [-0.3, -0.25) is 0 Å². The third-order valence-corrected chi connectivity index (χ3v) is 7.63. The zero-order valence-corrected chi connectivity index (χ0v) is 23.7. The Morgan fingerprint density at radius 2 is 1.06 bits per heavy atom. The van der Waals surface area contributed by atoms with Crippen LogP contribution in [0.1, 0.15) is 0 Å². The molecule has 0 aromatic heterocycles. The van der Waals surface area contributed by atoms with Crippen LogP contribution in [0.15, 0.2) is 115 Å². The molecule has 0 saturated heterocycles. The summed E-state index contributed by atoms with van der Waals surface area (Å²) in [4.78, 5) is 0. The van der Waals surface area contributed by atoms with E-state index < -0.39 is 8.07 Å². The topological polar surface area (TPSA) is 0 Å². The molecule has 0 aliphatic heterocycles. The molecular formula is C33H28IrSi-4. The van der Waals surface area contributed by atoms with Gasteiger partial charge >= 0.3 is 0 Å². The molecule has 0 fully saturated rings. The standard InChI is InChI=1S/C21H20Si.C12H8.Ir/c1-22(2,3)21-14-12-18(13-15-21)20-11-7-10-19(16-20)17-8-5-4-6-9-17;1-3-7-11(8-4-1)12-9-5-2-6-10-12;/h4-10,12,14-16H,1-3H3;1-7,9H;/q2*-2;. The van der Waals surface area contributed by atoms with Gasteiger partial charge in [-0.15, -0.1) is 28.9 Å². The minimum atomic E-state index is -1.26. The van der Waals surface area contributed by atoms with Crippen LogP contribution in [0, 0.1) is 24.3 Å². The molecule has 5 rings (SSSR count). The summed E-state index contributed by atoms with van der Waals surface area (Å²) in [6.07, 6.45) is 0. The summed E-state index contributed by atoms with van der Waals surface area (Å²) >= 11 is 0. The molecular weight excluding hydrogens is 617 g/mol. The summed E-state index contributed by atoms with van der Waals surface area (Å²) in [5.74, 6) is 0. The first-order chi connectivity index (χ1) is 16.5. The van der Waals surface area contributed by atoms with Crippen LogP contribution in [0.4, 0.5) is 0 Å². The minimum Gasteiger partial charge on any atom is -0.226 e. The molecule has 5 aromatic rings. The second-order valence-electron chi connectivity index (χ2n) is 9.15. The molecule has 0 spiro atoms. The van der Waals surface area contributed by atoms with Gasteiger partial charge in [0.2, 0.25) is 0 Å². The van der Waals surface area contributed by atoms with Gasteiger partial charge in [0.1, 0.15) is 0 Å². The Balaban J connectivity index is 0.000000223. The Kier molecular flexibility index (Phi) is 9.57. The predicted molar refractivity (Wildman–Crippen MR) is 148 cm³/mol. The van der Waals surface area contributed by atoms with Crippen LogP contribution >= 0.6 is 0 Å². The Morgan fingerprint density at radius 3 is 1.57 bits per heavy atom. The zero-order chi connectivity index (χ0) is 23.8. The third-order valence-electron chi connectivity index (χ3n) is 5.59. The summed E-state index contributed by atoms with van der Waals surface area (Å²) in [5.41, 5.74) is 6.85. The van der Waals surface area contributed by atoms with Gasteiger partial charge in [-0.1, -0.05) is 50.0 Å². The summed E-state index contributed by atoms with van der Waals surface area (Å²) in [6.45, 7) is 7.08. The Labute approximate surface area is 225 Å². The van der Waals surface area contributed by atoms with Crippen molar-refractivity contribution in [1.82, 2.24) is 0 Å². The van der Waals surface area contributed by atoms with Crippen molar-refractivity contribution in [2.75, 3.05) is 0 Å². The fourth-order valence-corrected chi connectivity index (χ4v) is 4.70. The fraction of sp³-hybridized carbons (Fsp3) is 0.0909. The van der Waals surface area contributed by atoms with Gasteiger partial charge in [0, 0.05) is 28.2 Å². The second-order valence-corrected chi connectivity index (χ2v) is 14.2. The Morgan fingerprint density at radius 1 is 0.486 bits per heavy atom. The molecule has 0 bridgehead atoms. The quantitative estimate of drug-likeness (QED) is 0.137. The van der Waals surface area contributed by atoms with Crippen LogP contribution < -0.4 is 5.19 Å².